The zero-order chi connectivity index (χ0) is 14.3. The van der Waals surface area contributed by atoms with Gasteiger partial charge in [0.1, 0.15) is 0 Å². The number of nitrogens with one attached hydrogen (secondary N) is 1. The normalized spacial score (nSPS) is 13.2. The van der Waals surface area contributed by atoms with E-state index in [9.17, 15) is 8.42 Å². The first-order valence-corrected chi connectivity index (χ1v) is 8.48. The van der Waals surface area contributed by atoms with Crippen LogP contribution in [0.15, 0.2) is 29.2 Å². The van der Waals surface area contributed by atoms with Crippen LogP contribution >= 0.6 is 0 Å². The van der Waals surface area contributed by atoms with E-state index < -0.39 is 9.84 Å². The third kappa shape index (κ3) is 4.84. The largest absolute Gasteiger partial charge is 0.381 e. The molecule has 0 saturated heterocycles. The molecule has 0 saturated carbocycles. The summed E-state index contributed by atoms with van der Waals surface area (Å²) in [7, 11) is -3.12. The van der Waals surface area contributed by atoms with Crippen LogP contribution in [0.4, 0.5) is 5.69 Å². The summed E-state index contributed by atoms with van der Waals surface area (Å²) in [6.07, 6.45) is 3.31. The average Bonchev–Trinajstić information content (AvgIpc) is 2.44. The fourth-order valence-corrected chi connectivity index (χ4v) is 2.74. The standard InChI is InChI=1S/C14H24N2O2S/c1-3-5-6-13(11-15)16-12-7-9-14(10-8-12)19(17,18)4-2/h7-10,13,16H,3-6,11,15H2,1-2H3. The van der Waals surface area contributed by atoms with Gasteiger partial charge in [-0.3, -0.25) is 0 Å². The van der Waals surface area contributed by atoms with Crippen LogP contribution in [0.2, 0.25) is 0 Å². The number of sulfone groups is 1. The van der Waals surface area contributed by atoms with E-state index in [0.717, 1.165) is 24.9 Å². The van der Waals surface area contributed by atoms with Gasteiger partial charge in [-0.25, -0.2) is 8.42 Å². The number of anilines is 1. The van der Waals surface area contributed by atoms with Crippen molar-refractivity contribution in [3.63, 3.8) is 0 Å². The predicted molar refractivity (Wildman–Crippen MR) is 80.2 cm³/mol. The topological polar surface area (TPSA) is 72.2 Å². The highest BCUT2D eigenvalue weighted by Gasteiger charge is 2.11. The minimum Gasteiger partial charge on any atom is -0.381 e. The first kappa shape index (κ1) is 16.0. The number of hydrogen-bond donors (Lipinski definition) is 2. The van der Waals surface area contributed by atoms with Crippen LogP contribution < -0.4 is 11.1 Å². The molecule has 0 bridgehead atoms. The number of unbranched alkanes of at least 4 members (excludes halogenated alkanes) is 1. The lowest BCUT2D eigenvalue weighted by atomic mass is 10.1. The summed E-state index contributed by atoms with van der Waals surface area (Å²) >= 11 is 0. The summed E-state index contributed by atoms with van der Waals surface area (Å²) in [5, 5.41) is 3.34. The van der Waals surface area contributed by atoms with E-state index in [1.807, 2.05) is 0 Å². The van der Waals surface area contributed by atoms with Gasteiger partial charge in [-0.1, -0.05) is 26.7 Å². The van der Waals surface area contributed by atoms with Gasteiger partial charge in [0.25, 0.3) is 0 Å². The van der Waals surface area contributed by atoms with Crippen LogP contribution in [0.25, 0.3) is 0 Å². The Labute approximate surface area is 116 Å². The Morgan fingerprint density at radius 3 is 2.32 bits per heavy atom. The summed E-state index contributed by atoms with van der Waals surface area (Å²) in [4.78, 5) is 0.374. The molecule has 1 aromatic rings. The Bertz CT molecular complexity index is 469. The second kappa shape index (κ2) is 7.50. The maximum atomic E-state index is 11.7. The molecular formula is C14H24N2O2S. The van der Waals surface area contributed by atoms with Gasteiger partial charge in [-0.2, -0.15) is 0 Å². The van der Waals surface area contributed by atoms with Crippen LogP contribution in [0.5, 0.6) is 0 Å². The lowest BCUT2D eigenvalue weighted by molar-refractivity contribution is 0.597. The van der Waals surface area contributed by atoms with E-state index in [0.29, 0.717) is 11.4 Å². The Kier molecular flexibility index (Phi) is 6.31. The maximum Gasteiger partial charge on any atom is 0.178 e. The highest BCUT2D eigenvalue weighted by Crippen LogP contribution is 2.16. The molecule has 1 atom stereocenters. The number of benzene rings is 1. The molecule has 3 N–H and O–H groups in total. The van der Waals surface area contributed by atoms with E-state index in [1.54, 1.807) is 31.2 Å². The quantitative estimate of drug-likeness (QED) is 0.769. The van der Waals surface area contributed by atoms with Gasteiger partial charge in [-0.05, 0) is 30.7 Å². The Hall–Kier alpha value is -1.07. The smallest absolute Gasteiger partial charge is 0.178 e. The molecule has 0 spiro atoms. The molecule has 0 aliphatic carbocycles. The van der Waals surface area contributed by atoms with Crippen molar-refractivity contribution in [3.8, 4) is 0 Å². The molecule has 0 amide bonds. The van der Waals surface area contributed by atoms with Crippen molar-refractivity contribution in [3.05, 3.63) is 24.3 Å². The third-order valence-corrected chi connectivity index (χ3v) is 4.91. The van der Waals surface area contributed by atoms with E-state index in [1.165, 1.54) is 0 Å². The van der Waals surface area contributed by atoms with Gasteiger partial charge < -0.3 is 11.1 Å². The number of rotatable bonds is 8. The maximum absolute atomic E-state index is 11.7. The summed E-state index contributed by atoms with van der Waals surface area (Å²) in [6, 6.07) is 7.14. The summed E-state index contributed by atoms with van der Waals surface area (Å²) in [6.45, 7) is 4.38. The second-order valence-electron chi connectivity index (χ2n) is 4.65. The number of nitrogens with two attached hydrogens (primary N) is 1. The molecule has 5 heteroatoms. The van der Waals surface area contributed by atoms with Crippen LogP contribution in [0.3, 0.4) is 0 Å². The Morgan fingerprint density at radius 2 is 1.84 bits per heavy atom. The van der Waals surface area contributed by atoms with Gasteiger partial charge in [0.15, 0.2) is 9.84 Å². The van der Waals surface area contributed by atoms with Crippen molar-refractivity contribution in [2.45, 2.75) is 44.0 Å². The molecule has 1 aromatic carbocycles. The minimum absolute atomic E-state index is 0.127. The molecule has 1 rings (SSSR count). The fraction of sp³-hybridized carbons (Fsp3) is 0.571. The van der Waals surface area contributed by atoms with Crippen molar-refractivity contribution in [1.82, 2.24) is 0 Å². The van der Waals surface area contributed by atoms with Gasteiger partial charge in [0, 0.05) is 18.3 Å². The van der Waals surface area contributed by atoms with Crippen molar-refractivity contribution in [2.75, 3.05) is 17.6 Å². The van der Waals surface area contributed by atoms with Crippen LogP contribution in [-0.2, 0) is 9.84 Å². The lowest BCUT2D eigenvalue weighted by Crippen LogP contribution is -2.28. The molecule has 108 valence electrons. The van der Waals surface area contributed by atoms with E-state index >= 15 is 0 Å². The number of hydrogen-bond acceptors (Lipinski definition) is 4. The summed E-state index contributed by atoms with van der Waals surface area (Å²) < 4.78 is 23.4. The van der Waals surface area contributed by atoms with E-state index in [-0.39, 0.29) is 11.8 Å². The predicted octanol–water partition coefficient (Wildman–Crippen LogP) is 2.41. The summed E-state index contributed by atoms with van der Waals surface area (Å²) in [5.41, 5.74) is 6.64. The molecule has 0 heterocycles. The van der Waals surface area contributed by atoms with Gasteiger partial charge in [0.2, 0.25) is 0 Å². The molecule has 0 aliphatic rings. The van der Waals surface area contributed by atoms with Crippen molar-refractivity contribution in [1.29, 1.82) is 0 Å². The highest BCUT2D eigenvalue weighted by atomic mass is 32.2. The molecule has 4 nitrogen and oxygen atoms in total. The molecule has 1 unspecified atom stereocenters. The average molecular weight is 284 g/mol. The zero-order valence-electron chi connectivity index (χ0n) is 11.7. The van der Waals surface area contributed by atoms with E-state index in [2.05, 4.69) is 12.2 Å². The van der Waals surface area contributed by atoms with E-state index in [4.69, 9.17) is 5.73 Å². The SMILES string of the molecule is CCCCC(CN)Nc1ccc(S(=O)(=O)CC)cc1. The Balaban J connectivity index is 2.71. The fourth-order valence-electron chi connectivity index (χ4n) is 1.86. The second-order valence-corrected chi connectivity index (χ2v) is 6.93. The van der Waals surface area contributed by atoms with Crippen molar-refractivity contribution >= 4 is 15.5 Å². The van der Waals surface area contributed by atoms with Crippen LogP contribution in [-0.4, -0.2) is 26.8 Å². The Morgan fingerprint density at radius 1 is 1.21 bits per heavy atom. The van der Waals surface area contributed by atoms with Crippen LogP contribution in [0, 0.1) is 0 Å². The first-order chi connectivity index (χ1) is 9.03. The molecule has 0 radical (unpaired) electrons. The van der Waals surface area contributed by atoms with Crippen LogP contribution in [0.1, 0.15) is 33.1 Å². The minimum atomic E-state index is -3.12. The third-order valence-electron chi connectivity index (χ3n) is 3.15. The van der Waals surface area contributed by atoms with Gasteiger partial charge in [-0.15, -0.1) is 0 Å². The first-order valence-electron chi connectivity index (χ1n) is 6.83. The van der Waals surface area contributed by atoms with Gasteiger partial charge in [0.05, 0.1) is 10.6 Å². The zero-order valence-corrected chi connectivity index (χ0v) is 12.5. The van der Waals surface area contributed by atoms with Crippen molar-refractivity contribution in [2.24, 2.45) is 5.73 Å². The molecule has 0 aromatic heterocycles. The summed E-state index contributed by atoms with van der Waals surface area (Å²) in [5.74, 6) is 0.127. The highest BCUT2D eigenvalue weighted by molar-refractivity contribution is 7.91. The monoisotopic (exact) mass is 284 g/mol. The molecule has 0 aliphatic heterocycles. The van der Waals surface area contributed by atoms with Gasteiger partial charge >= 0.3 is 0 Å². The molecular weight excluding hydrogens is 260 g/mol. The van der Waals surface area contributed by atoms with Crippen molar-refractivity contribution < 1.29 is 8.42 Å². The lowest BCUT2D eigenvalue weighted by Gasteiger charge is -2.18. The molecule has 19 heavy (non-hydrogen) atoms. The molecule has 0 fully saturated rings.